The average molecular weight is 304 g/mol. The summed E-state index contributed by atoms with van der Waals surface area (Å²) in [6.45, 7) is 9.74. The first-order valence-electron chi connectivity index (χ1n) is 8.42. The van der Waals surface area contributed by atoms with E-state index in [2.05, 4.69) is 38.6 Å². The van der Waals surface area contributed by atoms with E-state index in [0.29, 0.717) is 0 Å². The van der Waals surface area contributed by atoms with Gasteiger partial charge in [0.1, 0.15) is 5.75 Å². The van der Waals surface area contributed by atoms with Crippen molar-refractivity contribution in [3.63, 3.8) is 0 Å². The molecule has 3 rings (SSSR count). The van der Waals surface area contributed by atoms with E-state index in [4.69, 9.17) is 4.74 Å². The van der Waals surface area contributed by atoms with Crippen molar-refractivity contribution < 1.29 is 4.74 Å². The maximum atomic E-state index is 5.66. The molecule has 0 aliphatic carbocycles. The number of anilines is 1. The number of methoxy groups -OCH3 is 1. The van der Waals surface area contributed by atoms with E-state index in [1.807, 2.05) is 0 Å². The first-order valence-corrected chi connectivity index (χ1v) is 8.42. The van der Waals surface area contributed by atoms with Crippen LogP contribution in [0.4, 0.5) is 5.69 Å². The van der Waals surface area contributed by atoms with Crippen LogP contribution in [0.1, 0.15) is 12.0 Å². The zero-order chi connectivity index (χ0) is 15.2. The first kappa shape index (κ1) is 15.6. The lowest BCUT2D eigenvalue weighted by atomic mass is 10.1. The number of hydrogen-bond donors (Lipinski definition) is 2. The van der Waals surface area contributed by atoms with Crippen LogP contribution in [0.2, 0.25) is 0 Å². The Kier molecular flexibility index (Phi) is 5.53. The quantitative estimate of drug-likeness (QED) is 0.865. The summed E-state index contributed by atoms with van der Waals surface area (Å²) in [4.78, 5) is 4.94. The summed E-state index contributed by atoms with van der Waals surface area (Å²) in [7, 11) is 1.78. The van der Waals surface area contributed by atoms with Crippen molar-refractivity contribution in [1.29, 1.82) is 0 Å². The molecule has 0 bridgehead atoms. The second-order valence-electron chi connectivity index (χ2n) is 6.12. The van der Waals surface area contributed by atoms with Crippen LogP contribution in [0, 0.1) is 0 Å². The molecular formula is C17H28N4O. The minimum atomic E-state index is 1.01. The van der Waals surface area contributed by atoms with Crippen LogP contribution in [-0.2, 0) is 6.54 Å². The minimum absolute atomic E-state index is 1.01. The molecule has 0 saturated carbocycles. The lowest BCUT2D eigenvalue weighted by Crippen LogP contribution is -2.43. The Morgan fingerprint density at radius 2 is 1.77 bits per heavy atom. The molecule has 2 aliphatic heterocycles. The fourth-order valence-electron chi connectivity index (χ4n) is 3.31. The Balaban J connectivity index is 1.70. The van der Waals surface area contributed by atoms with Gasteiger partial charge in [-0.3, -0.25) is 4.90 Å². The number of rotatable bonds is 4. The summed E-state index contributed by atoms with van der Waals surface area (Å²) >= 11 is 0. The van der Waals surface area contributed by atoms with Crippen LogP contribution in [0.5, 0.6) is 5.75 Å². The number of benzene rings is 1. The number of hydrogen-bond acceptors (Lipinski definition) is 5. The molecular weight excluding hydrogens is 276 g/mol. The smallest absolute Gasteiger partial charge is 0.142 e. The van der Waals surface area contributed by atoms with Crippen LogP contribution in [0.25, 0.3) is 0 Å². The molecule has 0 aromatic heterocycles. The second-order valence-corrected chi connectivity index (χ2v) is 6.12. The van der Waals surface area contributed by atoms with Crippen molar-refractivity contribution in [2.24, 2.45) is 0 Å². The number of nitrogens with zero attached hydrogens (tertiary/aromatic N) is 2. The van der Waals surface area contributed by atoms with Crippen LogP contribution in [0.3, 0.4) is 0 Å². The number of nitrogens with one attached hydrogen (secondary N) is 2. The SMILES string of the molecule is COc1cc(CN2CCCNCC2)ccc1N1CCNCC1. The van der Waals surface area contributed by atoms with E-state index in [0.717, 1.165) is 58.1 Å². The fourth-order valence-corrected chi connectivity index (χ4v) is 3.31. The summed E-state index contributed by atoms with van der Waals surface area (Å²) in [5.74, 6) is 1.01. The topological polar surface area (TPSA) is 39.8 Å². The molecule has 5 heteroatoms. The Morgan fingerprint density at radius 3 is 2.59 bits per heavy atom. The zero-order valence-electron chi connectivity index (χ0n) is 13.6. The van der Waals surface area contributed by atoms with E-state index < -0.39 is 0 Å². The largest absolute Gasteiger partial charge is 0.495 e. The third-order valence-corrected chi connectivity index (χ3v) is 4.54. The predicted octanol–water partition coefficient (Wildman–Crippen LogP) is 0.900. The monoisotopic (exact) mass is 304 g/mol. The minimum Gasteiger partial charge on any atom is -0.495 e. The molecule has 0 atom stereocenters. The molecule has 2 fully saturated rings. The van der Waals surface area contributed by atoms with Crippen LogP contribution < -0.4 is 20.3 Å². The molecule has 0 unspecified atom stereocenters. The van der Waals surface area contributed by atoms with Crippen molar-refractivity contribution in [2.45, 2.75) is 13.0 Å². The van der Waals surface area contributed by atoms with E-state index in [-0.39, 0.29) is 0 Å². The van der Waals surface area contributed by atoms with Gasteiger partial charge in [-0.2, -0.15) is 0 Å². The Bertz CT molecular complexity index is 466. The lowest BCUT2D eigenvalue weighted by molar-refractivity contribution is 0.284. The molecule has 2 saturated heterocycles. The summed E-state index contributed by atoms with van der Waals surface area (Å²) in [5, 5.41) is 6.86. The van der Waals surface area contributed by atoms with Crippen LogP contribution >= 0.6 is 0 Å². The molecule has 1 aromatic rings. The van der Waals surface area contributed by atoms with Gasteiger partial charge in [-0.05, 0) is 37.2 Å². The third-order valence-electron chi connectivity index (χ3n) is 4.54. The molecule has 0 amide bonds. The molecule has 2 aliphatic rings. The maximum Gasteiger partial charge on any atom is 0.142 e. The Hall–Kier alpha value is -1.30. The van der Waals surface area contributed by atoms with Gasteiger partial charge >= 0.3 is 0 Å². The Morgan fingerprint density at radius 1 is 1.00 bits per heavy atom. The molecule has 2 heterocycles. The highest BCUT2D eigenvalue weighted by molar-refractivity contribution is 5.60. The van der Waals surface area contributed by atoms with Crippen molar-refractivity contribution in [1.82, 2.24) is 15.5 Å². The van der Waals surface area contributed by atoms with Gasteiger partial charge in [-0.25, -0.2) is 0 Å². The normalized spacial score (nSPS) is 20.7. The first-order chi connectivity index (χ1) is 10.9. The van der Waals surface area contributed by atoms with Crippen molar-refractivity contribution >= 4 is 5.69 Å². The Labute approximate surface area is 133 Å². The third kappa shape index (κ3) is 3.91. The van der Waals surface area contributed by atoms with Gasteiger partial charge in [0.05, 0.1) is 12.8 Å². The summed E-state index contributed by atoms with van der Waals surface area (Å²) in [6.07, 6.45) is 1.23. The van der Waals surface area contributed by atoms with Gasteiger partial charge in [0.2, 0.25) is 0 Å². The summed E-state index contributed by atoms with van der Waals surface area (Å²) in [6, 6.07) is 6.71. The van der Waals surface area contributed by atoms with E-state index in [9.17, 15) is 0 Å². The van der Waals surface area contributed by atoms with Crippen LogP contribution in [0.15, 0.2) is 18.2 Å². The second kappa shape index (κ2) is 7.81. The van der Waals surface area contributed by atoms with Gasteiger partial charge in [0.15, 0.2) is 0 Å². The maximum absolute atomic E-state index is 5.66. The number of ether oxygens (including phenoxy) is 1. The van der Waals surface area contributed by atoms with Gasteiger partial charge in [-0.15, -0.1) is 0 Å². The van der Waals surface area contributed by atoms with Gasteiger partial charge in [0.25, 0.3) is 0 Å². The molecule has 5 nitrogen and oxygen atoms in total. The van der Waals surface area contributed by atoms with E-state index in [1.54, 1.807) is 7.11 Å². The fraction of sp³-hybridized carbons (Fsp3) is 0.647. The predicted molar refractivity (Wildman–Crippen MR) is 90.8 cm³/mol. The zero-order valence-corrected chi connectivity index (χ0v) is 13.6. The molecule has 122 valence electrons. The molecule has 2 N–H and O–H groups in total. The van der Waals surface area contributed by atoms with Gasteiger partial charge in [0, 0.05) is 45.8 Å². The summed E-state index contributed by atoms with van der Waals surface area (Å²) < 4.78 is 5.66. The molecule has 1 aromatic carbocycles. The highest BCUT2D eigenvalue weighted by atomic mass is 16.5. The van der Waals surface area contributed by atoms with Crippen LogP contribution in [-0.4, -0.2) is 64.4 Å². The van der Waals surface area contributed by atoms with Crippen molar-refractivity contribution in [2.75, 3.05) is 64.4 Å². The highest BCUT2D eigenvalue weighted by Crippen LogP contribution is 2.30. The molecule has 0 spiro atoms. The molecule has 0 radical (unpaired) electrons. The van der Waals surface area contributed by atoms with Crippen molar-refractivity contribution in [3.05, 3.63) is 23.8 Å². The average Bonchev–Trinajstić information content (AvgIpc) is 2.84. The van der Waals surface area contributed by atoms with Gasteiger partial charge < -0.3 is 20.3 Å². The standard InChI is InChI=1S/C17H28N4O/c1-22-17-13-15(14-20-9-2-5-18-6-10-20)3-4-16(17)21-11-7-19-8-12-21/h3-4,13,18-19H,2,5-12,14H2,1H3. The van der Waals surface area contributed by atoms with Gasteiger partial charge in [-0.1, -0.05) is 6.07 Å². The molecule has 22 heavy (non-hydrogen) atoms. The van der Waals surface area contributed by atoms with E-state index in [1.165, 1.54) is 24.2 Å². The lowest BCUT2D eigenvalue weighted by Gasteiger charge is -2.31. The highest BCUT2D eigenvalue weighted by Gasteiger charge is 2.16. The number of piperazine rings is 1. The van der Waals surface area contributed by atoms with E-state index >= 15 is 0 Å². The van der Waals surface area contributed by atoms with Crippen molar-refractivity contribution in [3.8, 4) is 5.75 Å². The summed E-state index contributed by atoms with van der Waals surface area (Å²) in [5.41, 5.74) is 2.57.